The van der Waals surface area contributed by atoms with Crippen LogP contribution < -0.4 is 16.4 Å². The maximum atomic E-state index is 14.0. The van der Waals surface area contributed by atoms with Gasteiger partial charge in [-0.15, -0.1) is 0 Å². The Morgan fingerprint density at radius 2 is 1.58 bits per heavy atom. The first-order chi connectivity index (χ1) is 17.8. The first-order valence-corrected chi connectivity index (χ1v) is 12.8. The van der Waals surface area contributed by atoms with Crippen LogP contribution in [0.3, 0.4) is 0 Å². The van der Waals surface area contributed by atoms with Gasteiger partial charge in [-0.05, 0) is 57.7 Å². The van der Waals surface area contributed by atoms with Gasteiger partial charge in [0.1, 0.15) is 17.7 Å². The Morgan fingerprint density at radius 1 is 0.974 bits per heavy atom. The maximum Gasteiger partial charge on any atom is 0.408 e. The van der Waals surface area contributed by atoms with Crippen molar-refractivity contribution in [3.05, 3.63) is 65.2 Å². The highest BCUT2D eigenvalue weighted by molar-refractivity contribution is 6.00. The van der Waals surface area contributed by atoms with Crippen molar-refractivity contribution in [3.63, 3.8) is 0 Å². The second-order valence-electron chi connectivity index (χ2n) is 10.3. The van der Waals surface area contributed by atoms with E-state index in [2.05, 4.69) is 10.6 Å². The van der Waals surface area contributed by atoms with E-state index in [1.54, 1.807) is 45.0 Å². The van der Waals surface area contributed by atoms with Crippen LogP contribution in [0.25, 0.3) is 0 Å². The minimum absolute atomic E-state index is 0.223. The highest BCUT2D eigenvalue weighted by Gasteiger charge is 2.37. The lowest BCUT2D eigenvalue weighted by Gasteiger charge is -2.34. The summed E-state index contributed by atoms with van der Waals surface area (Å²) in [6.07, 6.45) is 0.0511. The molecule has 0 aliphatic carbocycles. The van der Waals surface area contributed by atoms with E-state index in [1.165, 1.54) is 4.90 Å². The molecule has 4 N–H and O–H groups in total. The lowest BCUT2D eigenvalue weighted by molar-refractivity contribution is -0.142. The van der Waals surface area contributed by atoms with Crippen molar-refractivity contribution in [3.8, 4) is 0 Å². The number of unbranched alkanes of at least 4 members (excludes halogenated alkanes) is 1. The fourth-order valence-electron chi connectivity index (χ4n) is 4.06. The molecule has 0 aromatic heterocycles. The predicted molar refractivity (Wildman–Crippen MR) is 147 cm³/mol. The van der Waals surface area contributed by atoms with Crippen LogP contribution in [0.5, 0.6) is 0 Å². The summed E-state index contributed by atoms with van der Waals surface area (Å²) >= 11 is 0. The first-order valence-electron chi connectivity index (χ1n) is 12.8. The third-order valence-corrected chi connectivity index (χ3v) is 5.83. The normalized spacial score (nSPS) is 12.7. The monoisotopic (exact) mass is 524 g/mol. The summed E-state index contributed by atoms with van der Waals surface area (Å²) in [6.45, 7) is 11.1. The van der Waals surface area contributed by atoms with Crippen LogP contribution in [0.4, 0.5) is 10.5 Å². The van der Waals surface area contributed by atoms with Gasteiger partial charge in [-0.3, -0.25) is 14.4 Å². The molecule has 0 spiro atoms. The molecule has 2 aromatic rings. The molecule has 0 bridgehead atoms. The summed E-state index contributed by atoms with van der Waals surface area (Å²) in [4.78, 5) is 53.7. The molecule has 2 aromatic carbocycles. The molecule has 0 fully saturated rings. The highest BCUT2D eigenvalue weighted by Crippen LogP contribution is 2.27. The van der Waals surface area contributed by atoms with Crippen LogP contribution in [0, 0.1) is 13.8 Å². The minimum atomic E-state index is -1.31. The standard InChI is InChI=1S/C29H40N4O5/c1-7-8-17-33(27(36)22(18-23(30)34)31-28(37)38-29(4,5)6)25(21-15-10-9-11-16-21)26(35)32-24-19(2)13-12-14-20(24)3/h9-16,22,25H,7-8,17-18H2,1-6H3,(H2,30,34)(H,31,37)(H,32,35). The minimum Gasteiger partial charge on any atom is -0.444 e. The van der Waals surface area contributed by atoms with E-state index in [4.69, 9.17) is 10.5 Å². The highest BCUT2D eigenvalue weighted by atomic mass is 16.6. The molecule has 0 aliphatic rings. The number of anilines is 1. The summed E-state index contributed by atoms with van der Waals surface area (Å²) < 4.78 is 5.31. The van der Waals surface area contributed by atoms with E-state index in [9.17, 15) is 19.2 Å². The van der Waals surface area contributed by atoms with Crippen molar-refractivity contribution < 1.29 is 23.9 Å². The fraction of sp³-hybridized carbons (Fsp3) is 0.448. The zero-order valence-corrected chi connectivity index (χ0v) is 23.2. The number of benzene rings is 2. The number of aryl methyl sites for hydroxylation is 2. The van der Waals surface area contributed by atoms with Gasteiger partial charge in [-0.1, -0.05) is 61.9 Å². The molecule has 206 valence electrons. The fourth-order valence-corrected chi connectivity index (χ4v) is 4.06. The largest absolute Gasteiger partial charge is 0.444 e. The number of hydrogen-bond donors (Lipinski definition) is 3. The van der Waals surface area contributed by atoms with Crippen molar-refractivity contribution in [2.45, 2.75) is 78.5 Å². The van der Waals surface area contributed by atoms with Crippen LogP contribution in [0.15, 0.2) is 48.5 Å². The summed E-state index contributed by atoms with van der Waals surface area (Å²) in [5, 5.41) is 5.49. The van der Waals surface area contributed by atoms with Crippen molar-refractivity contribution >= 4 is 29.5 Å². The first kappa shape index (κ1) is 30.3. The van der Waals surface area contributed by atoms with Gasteiger partial charge in [0.05, 0.1) is 6.42 Å². The zero-order chi connectivity index (χ0) is 28.5. The molecule has 0 radical (unpaired) electrons. The second kappa shape index (κ2) is 13.6. The van der Waals surface area contributed by atoms with Crippen LogP contribution >= 0.6 is 0 Å². The van der Waals surface area contributed by atoms with Gasteiger partial charge in [0.15, 0.2) is 0 Å². The van der Waals surface area contributed by atoms with E-state index in [1.807, 2.05) is 45.0 Å². The van der Waals surface area contributed by atoms with E-state index in [0.717, 1.165) is 17.5 Å². The Labute approximate surface area is 225 Å². The molecule has 4 amide bonds. The van der Waals surface area contributed by atoms with E-state index in [0.29, 0.717) is 17.7 Å². The average molecular weight is 525 g/mol. The molecule has 9 heteroatoms. The van der Waals surface area contributed by atoms with Crippen molar-refractivity contribution in [1.82, 2.24) is 10.2 Å². The molecule has 0 heterocycles. The van der Waals surface area contributed by atoms with Crippen molar-refractivity contribution in [1.29, 1.82) is 0 Å². The van der Waals surface area contributed by atoms with Crippen LogP contribution in [-0.4, -0.2) is 46.9 Å². The Hall–Kier alpha value is -3.88. The Kier molecular flexibility index (Phi) is 10.9. The summed E-state index contributed by atoms with van der Waals surface area (Å²) in [5.74, 6) is -1.78. The zero-order valence-electron chi connectivity index (χ0n) is 23.2. The Bertz CT molecular complexity index is 1110. The molecule has 0 aliphatic heterocycles. The molecule has 38 heavy (non-hydrogen) atoms. The van der Waals surface area contributed by atoms with Crippen LogP contribution in [-0.2, 0) is 19.1 Å². The number of alkyl carbamates (subject to hydrolysis) is 1. The molecular formula is C29H40N4O5. The van der Waals surface area contributed by atoms with Crippen molar-refractivity contribution in [2.24, 2.45) is 5.73 Å². The summed E-state index contributed by atoms with van der Waals surface area (Å²) in [7, 11) is 0. The molecular weight excluding hydrogens is 484 g/mol. The quantitative estimate of drug-likeness (QED) is 0.401. The molecule has 0 saturated heterocycles. The number of carbonyl (C=O) groups excluding carboxylic acids is 4. The average Bonchev–Trinajstić information content (AvgIpc) is 2.82. The van der Waals surface area contributed by atoms with Crippen molar-refractivity contribution in [2.75, 3.05) is 11.9 Å². The second-order valence-corrected chi connectivity index (χ2v) is 10.3. The van der Waals surface area contributed by atoms with Crippen LogP contribution in [0.1, 0.15) is 69.7 Å². The lowest BCUT2D eigenvalue weighted by Crippen LogP contribution is -2.53. The third-order valence-electron chi connectivity index (χ3n) is 5.83. The number of nitrogens with one attached hydrogen (secondary N) is 2. The number of carbonyl (C=O) groups is 4. The number of primary amides is 1. The number of nitrogens with two attached hydrogens (primary N) is 1. The van der Waals surface area contributed by atoms with Gasteiger partial charge < -0.3 is 26.0 Å². The predicted octanol–water partition coefficient (Wildman–Crippen LogP) is 4.38. The van der Waals surface area contributed by atoms with E-state index >= 15 is 0 Å². The Morgan fingerprint density at radius 3 is 2.11 bits per heavy atom. The number of rotatable bonds is 11. The summed E-state index contributed by atoms with van der Waals surface area (Å²) in [5.41, 5.74) is 7.65. The number of amides is 4. The maximum absolute atomic E-state index is 14.0. The number of nitrogens with zero attached hydrogens (tertiary/aromatic N) is 1. The lowest BCUT2D eigenvalue weighted by atomic mass is 10.0. The Balaban J connectivity index is 2.53. The molecule has 2 rings (SSSR count). The summed E-state index contributed by atoms with van der Waals surface area (Å²) in [6, 6.07) is 12.3. The van der Waals surface area contributed by atoms with Gasteiger partial charge in [-0.2, -0.15) is 0 Å². The third kappa shape index (κ3) is 8.90. The number of ether oxygens (including phenoxy) is 1. The van der Waals surface area contributed by atoms with Gasteiger partial charge in [-0.25, -0.2) is 4.79 Å². The van der Waals surface area contributed by atoms with Gasteiger partial charge in [0, 0.05) is 12.2 Å². The van der Waals surface area contributed by atoms with Crippen LogP contribution in [0.2, 0.25) is 0 Å². The number of hydrogen-bond acceptors (Lipinski definition) is 5. The molecule has 2 atom stereocenters. The topological polar surface area (TPSA) is 131 Å². The van der Waals surface area contributed by atoms with Gasteiger partial charge in [0.2, 0.25) is 11.8 Å². The van der Waals surface area contributed by atoms with Gasteiger partial charge >= 0.3 is 6.09 Å². The molecule has 0 saturated carbocycles. The smallest absolute Gasteiger partial charge is 0.408 e. The van der Waals surface area contributed by atoms with Gasteiger partial charge in [0.25, 0.3) is 5.91 Å². The van der Waals surface area contributed by atoms with E-state index < -0.39 is 47.9 Å². The molecule has 9 nitrogen and oxygen atoms in total. The molecule has 2 unspecified atom stereocenters. The number of para-hydroxylation sites is 1. The van der Waals surface area contributed by atoms with E-state index in [-0.39, 0.29) is 6.54 Å². The SMILES string of the molecule is CCCCN(C(=O)C(CC(N)=O)NC(=O)OC(C)(C)C)C(C(=O)Nc1c(C)cccc1C)c1ccccc1.